The van der Waals surface area contributed by atoms with Crippen LogP contribution >= 0.6 is 0 Å². The van der Waals surface area contributed by atoms with Gasteiger partial charge >= 0.3 is 11.9 Å². The average molecular weight is 814 g/mol. The van der Waals surface area contributed by atoms with E-state index in [-0.39, 0.29) is 68.1 Å². The first kappa shape index (κ1) is 50.8. The number of carboxylic acid groups (broad SMARTS) is 1. The number of carbonyl (C=O) groups excluding carboxylic acids is 5. The summed E-state index contributed by atoms with van der Waals surface area (Å²) in [5.74, 6) is -3.52. The van der Waals surface area contributed by atoms with Gasteiger partial charge < -0.3 is 59.3 Å². The first-order valence-electron chi connectivity index (χ1n) is 19.4. The van der Waals surface area contributed by atoms with Crippen molar-refractivity contribution in [3.63, 3.8) is 0 Å². The summed E-state index contributed by atoms with van der Waals surface area (Å²) >= 11 is 0. The van der Waals surface area contributed by atoms with Gasteiger partial charge in [-0.2, -0.15) is 0 Å². The molecule has 1 aromatic carbocycles. The zero-order valence-corrected chi connectivity index (χ0v) is 34.3. The van der Waals surface area contributed by atoms with Gasteiger partial charge in [0, 0.05) is 38.5 Å². The highest BCUT2D eigenvalue weighted by molar-refractivity contribution is 5.97. The van der Waals surface area contributed by atoms with Crippen molar-refractivity contribution in [1.29, 1.82) is 0 Å². The topological polar surface area (TPSA) is 244 Å². The molecule has 324 valence electrons. The molecule has 1 aliphatic rings. The van der Waals surface area contributed by atoms with Gasteiger partial charge in [-0.05, 0) is 23.6 Å². The quantitative estimate of drug-likeness (QED) is 0.0633. The monoisotopic (exact) mass is 813 g/mol. The molecule has 4 unspecified atom stereocenters. The molecule has 0 saturated carbocycles. The number of amides is 3. The number of Topliss-reactive ketones (excluding diaryl/α,β-unsaturated/α-hetero) is 1. The lowest BCUT2D eigenvalue weighted by atomic mass is 10.0. The van der Waals surface area contributed by atoms with E-state index >= 15 is 0 Å². The minimum atomic E-state index is -1.30. The van der Waals surface area contributed by atoms with Crippen LogP contribution < -0.4 is 20.7 Å². The van der Waals surface area contributed by atoms with Gasteiger partial charge in [0.2, 0.25) is 24.0 Å². The number of carboxylic acids is 1. The van der Waals surface area contributed by atoms with E-state index in [2.05, 4.69) is 16.0 Å². The standard InChI is InChI=1S/C37H57N3O15.C2H6/c1-23(2)29(43)8-10-49-12-14-51-16-17-52-15-13-50-11-9-32(44)40-35(24(3)4)36(46)38-21-33(45)39-28-7-6-26(22-53-25(5)41)18-30(28)54-34-20-27(42)19-31(55-34)37(47)48;1-2/h6-7,18,23-24,27,31,34-35,42H,8-17,19-22H2,1-5H3,(H,38,46)(H,39,45)(H,40,44)(H,47,48);1-2H3. The maximum absolute atomic E-state index is 13.0. The van der Waals surface area contributed by atoms with Crippen molar-refractivity contribution in [2.24, 2.45) is 11.8 Å². The highest BCUT2D eigenvalue weighted by Gasteiger charge is 2.34. The number of anilines is 1. The summed E-state index contributed by atoms with van der Waals surface area (Å²) in [5.41, 5.74) is 0.632. The Labute approximate surface area is 334 Å². The van der Waals surface area contributed by atoms with Crippen molar-refractivity contribution >= 4 is 41.1 Å². The molecule has 1 heterocycles. The molecule has 18 nitrogen and oxygen atoms in total. The highest BCUT2D eigenvalue weighted by atomic mass is 16.7. The lowest BCUT2D eigenvalue weighted by Crippen LogP contribution is -2.51. The first-order valence-corrected chi connectivity index (χ1v) is 19.4. The van der Waals surface area contributed by atoms with E-state index in [1.54, 1.807) is 19.9 Å². The van der Waals surface area contributed by atoms with Gasteiger partial charge in [-0.3, -0.25) is 24.0 Å². The lowest BCUT2D eigenvalue weighted by Gasteiger charge is -2.31. The van der Waals surface area contributed by atoms with E-state index in [1.807, 2.05) is 27.7 Å². The Morgan fingerprint density at radius 2 is 1.40 bits per heavy atom. The molecule has 2 rings (SSSR count). The molecule has 0 aliphatic carbocycles. The smallest absolute Gasteiger partial charge is 0.333 e. The second-order valence-corrected chi connectivity index (χ2v) is 13.4. The van der Waals surface area contributed by atoms with Gasteiger partial charge in [-0.25, -0.2) is 4.79 Å². The van der Waals surface area contributed by atoms with Gasteiger partial charge in [-0.1, -0.05) is 47.6 Å². The molecule has 4 atom stereocenters. The van der Waals surface area contributed by atoms with Crippen molar-refractivity contribution in [1.82, 2.24) is 10.6 Å². The number of aliphatic hydroxyl groups is 1. The zero-order valence-electron chi connectivity index (χ0n) is 34.3. The SMILES string of the molecule is CC.CC(=O)OCc1ccc(NC(=O)CNC(=O)C(NC(=O)CCOCCOCCOCCOCCC(=O)C(C)C)C(C)C)c(OC2CC(O)CC(C(=O)O)O2)c1. The molecule has 1 aliphatic heterocycles. The van der Waals surface area contributed by atoms with Crippen LogP contribution in [0.5, 0.6) is 5.75 Å². The number of aliphatic carboxylic acids is 1. The van der Waals surface area contributed by atoms with E-state index in [1.165, 1.54) is 19.1 Å². The Morgan fingerprint density at radius 1 is 0.825 bits per heavy atom. The third kappa shape index (κ3) is 22.4. The Balaban J connectivity index is 0.00000799. The molecule has 0 aromatic heterocycles. The fourth-order valence-corrected chi connectivity index (χ4v) is 4.92. The number of rotatable bonds is 27. The van der Waals surface area contributed by atoms with Crippen molar-refractivity contribution in [3.05, 3.63) is 23.8 Å². The summed E-state index contributed by atoms with van der Waals surface area (Å²) in [6.45, 7) is 14.4. The largest absolute Gasteiger partial charge is 0.479 e. The van der Waals surface area contributed by atoms with Crippen LogP contribution in [0.25, 0.3) is 0 Å². The van der Waals surface area contributed by atoms with E-state index in [4.69, 9.17) is 33.2 Å². The molecule has 0 bridgehead atoms. The van der Waals surface area contributed by atoms with Crippen LogP contribution in [0.1, 0.15) is 79.7 Å². The summed E-state index contributed by atoms with van der Waals surface area (Å²) in [5, 5.41) is 27.3. The number of esters is 1. The third-order valence-electron chi connectivity index (χ3n) is 7.98. The second kappa shape index (κ2) is 29.1. The van der Waals surface area contributed by atoms with E-state index < -0.39 is 60.7 Å². The van der Waals surface area contributed by atoms with Crippen molar-refractivity contribution in [3.8, 4) is 5.75 Å². The fourth-order valence-electron chi connectivity index (χ4n) is 4.92. The van der Waals surface area contributed by atoms with Gasteiger partial charge in [0.15, 0.2) is 6.10 Å². The minimum Gasteiger partial charge on any atom is -0.479 e. The number of aliphatic hydroxyl groups excluding tert-OH is 1. The maximum atomic E-state index is 13.0. The van der Waals surface area contributed by atoms with E-state index in [0.29, 0.717) is 51.6 Å². The van der Waals surface area contributed by atoms with E-state index in [0.717, 1.165) is 0 Å². The van der Waals surface area contributed by atoms with Crippen LogP contribution in [0.3, 0.4) is 0 Å². The molecule has 1 aromatic rings. The first-order chi connectivity index (χ1) is 27.2. The molecule has 57 heavy (non-hydrogen) atoms. The van der Waals surface area contributed by atoms with Crippen LogP contribution in [0.4, 0.5) is 5.69 Å². The van der Waals surface area contributed by atoms with Crippen molar-refractivity contribution in [2.75, 3.05) is 64.7 Å². The van der Waals surface area contributed by atoms with Crippen LogP contribution in [0.2, 0.25) is 0 Å². The summed E-state index contributed by atoms with van der Waals surface area (Å²) in [6.07, 6.45) is -3.25. The van der Waals surface area contributed by atoms with E-state index in [9.17, 15) is 39.0 Å². The molecule has 3 amide bonds. The van der Waals surface area contributed by atoms with Gasteiger partial charge in [-0.15, -0.1) is 0 Å². The molecule has 0 radical (unpaired) electrons. The fraction of sp³-hybridized carbons (Fsp3) is 0.692. The molecule has 1 saturated heterocycles. The number of nitrogens with one attached hydrogen (secondary N) is 3. The van der Waals surface area contributed by atoms with Crippen molar-refractivity contribution in [2.45, 2.75) is 105 Å². The second-order valence-electron chi connectivity index (χ2n) is 13.4. The number of ether oxygens (including phenoxy) is 7. The number of ketones is 1. The number of benzene rings is 1. The highest BCUT2D eigenvalue weighted by Crippen LogP contribution is 2.31. The molecule has 5 N–H and O–H groups in total. The summed E-state index contributed by atoms with van der Waals surface area (Å²) < 4.78 is 38.0. The van der Waals surface area contributed by atoms with Gasteiger partial charge in [0.05, 0.1) is 71.2 Å². The summed E-state index contributed by atoms with van der Waals surface area (Å²) in [6, 6.07) is 3.57. The van der Waals surface area contributed by atoms with Crippen LogP contribution in [-0.4, -0.2) is 130 Å². The van der Waals surface area contributed by atoms with Gasteiger partial charge in [0.1, 0.15) is 24.2 Å². The molecular weight excluding hydrogens is 750 g/mol. The third-order valence-corrected chi connectivity index (χ3v) is 7.98. The summed E-state index contributed by atoms with van der Waals surface area (Å²) in [7, 11) is 0. The predicted molar refractivity (Wildman–Crippen MR) is 206 cm³/mol. The average Bonchev–Trinajstić information content (AvgIpc) is 3.16. The molecule has 1 fully saturated rings. The van der Waals surface area contributed by atoms with Crippen LogP contribution in [-0.2, 0) is 63.8 Å². The van der Waals surface area contributed by atoms with Crippen molar-refractivity contribution < 1.29 is 72.1 Å². The van der Waals surface area contributed by atoms with Crippen LogP contribution in [0, 0.1) is 11.8 Å². The Morgan fingerprint density at radius 3 is 1.95 bits per heavy atom. The number of carbonyl (C=O) groups is 6. The zero-order chi connectivity index (χ0) is 42.8. The number of hydrogen-bond acceptors (Lipinski definition) is 14. The Kier molecular flexibility index (Phi) is 25.9. The normalized spacial score (nSPS) is 16.8. The molecule has 18 heteroatoms. The molecular formula is C39H63N3O15. The lowest BCUT2D eigenvalue weighted by molar-refractivity contribution is -0.195. The number of hydrogen-bond donors (Lipinski definition) is 5. The van der Waals surface area contributed by atoms with Crippen LogP contribution in [0.15, 0.2) is 18.2 Å². The predicted octanol–water partition coefficient (Wildman–Crippen LogP) is 2.37. The minimum absolute atomic E-state index is 0.00428. The maximum Gasteiger partial charge on any atom is 0.333 e. The Bertz CT molecular complexity index is 1390. The van der Waals surface area contributed by atoms with Gasteiger partial charge in [0.25, 0.3) is 0 Å². The summed E-state index contributed by atoms with van der Waals surface area (Å²) in [4.78, 5) is 72.8. The molecule has 0 spiro atoms. The Hall–Kier alpha value is -4.20.